The van der Waals surface area contributed by atoms with Gasteiger partial charge in [-0.2, -0.15) is 0 Å². The molecule has 0 aromatic carbocycles. The Bertz CT molecular complexity index is 72.1. The molecule has 0 amide bonds. The molecule has 0 bridgehead atoms. The van der Waals surface area contributed by atoms with Gasteiger partial charge in [0.2, 0.25) is 0 Å². The van der Waals surface area contributed by atoms with E-state index in [-0.39, 0.29) is 17.2 Å². The standard InChI is InChI=1S/C4H9.3CH3.2Sn.2H/c1-4(2)3;;;;;;;/h1-3H3;3*1H3;;;;. The molecule has 0 aliphatic rings. The van der Waals surface area contributed by atoms with Crippen LogP contribution < -0.4 is 0 Å². The molecular formula is C7H20Sn2. The summed E-state index contributed by atoms with van der Waals surface area (Å²) in [5.41, 5.74) is 0. The van der Waals surface area contributed by atoms with Gasteiger partial charge in [-0.1, -0.05) is 0 Å². The molecule has 0 saturated heterocycles. The Morgan fingerprint density at radius 2 is 1.33 bits per heavy atom. The van der Waals surface area contributed by atoms with Crippen LogP contribution in [0.4, 0.5) is 0 Å². The van der Waals surface area contributed by atoms with Gasteiger partial charge >= 0.3 is 70.6 Å². The van der Waals surface area contributed by atoms with E-state index in [2.05, 4.69) is 35.6 Å². The maximum atomic E-state index is 2.59. The van der Waals surface area contributed by atoms with Crippen LogP contribution in [0.3, 0.4) is 0 Å². The van der Waals surface area contributed by atoms with Crippen LogP contribution in [-0.4, -0.2) is 31.6 Å². The van der Waals surface area contributed by atoms with Crippen molar-refractivity contribution in [2.24, 2.45) is 0 Å². The SMILES string of the molecule is C[C](C)(C)[SnH2][Sn]([CH3])([CH3])[CH3]. The Hall–Kier alpha value is 1.60. The monoisotopic (exact) mass is 344 g/mol. The van der Waals surface area contributed by atoms with Gasteiger partial charge in [-0.25, -0.2) is 0 Å². The van der Waals surface area contributed by atoms with Crippen LogP contribution in [0.5, 0.6) is 0 Å². The topological polar surface area (TPSA) is 0 Å². The van der Waals surface area contributed by atoms with Crippen LogP contribution >= 0.6 is 0 Å². The van der Waals surface area contributed by atoms with Crippen LogP contribution in [0.15, 0.2) is 0 Å². The zero-order chi connectivity index (χ0) is 7.71. The van der Waals surface area contributed by atoms with Gasteiger partial charge in [-0.3, -0.25) is 0 Å². The Morgan fingerprint density at radius 1 is 1.00 bits per heavy atom. The molecule has 0 rings (SSSR count). The van der Waals surface area contributed by atoms with Crippen molar-refractivity contribution in [2.75, 3.05) is 0 Å². The summed E-state index contributed by atoms with van der Waals surface area (Å²) in [5.74, 6) is 0. The Labute approximate surface area is 70.0 Å². The molecule has 0 aliphatic carbocycles. The van der Waals surface area contributed by atoms with E-state index in [1.165, 1.54) is 0 Å². The van der Waals surface area contributed by atoms with E-state index < -0.39 is 14.4 Å². The molecule has 0 fully saturated rings. The van der Waals surface area contributed by atoms with Crippen molar-refractivity contribution in [1.82, 2.24) is 0 Å². The molecule has 0 atom stereocenters. The van der Waals surface area contributed by atoms with E-state index >= 15 is 0 Å². The molecule has 0 spiro atoms. The molecule has 2 heteroatoms. The van der Waals surface area contributed by atoms with Gasteiger partial charge in [-0.05, 0) is 0 Å². The number of hydrogen-bond acceptors (Lipinski definition) is 0. The Kier molecular flexibility index (Phi) is 3.92. The summed E-state index contributed by atoms with van der Waals surface area (Å²) in [7, 11) is 0. The summed E-state index contributed by atoms with van der Waals surface area (Å²) >= 11 is -1.55. The van der Waals surface area contributed by atoms with Crippen molar-refractivity contribution in [3.63, 3.8) is 0 Å². The third-order valence-corrected chi connectivity index (χ3v) is 47.7. The molecule has 0 saturated carbocycles. The maximum absolute atomic E-state index is 2.59. The summed E-state index contributed by atoms with van der Waals surface area (Å²) in [4.78, 5) is 7.78. The molecule has 0 nitrogen and oxygen atoms in total. The number of rotatable bonds is 1. The average molecular weight is 342 g/mol. The fourth-order valence-corrected chi connectivity index (χ4v) is 71.6. The van der Waals surface area contributed by atoms with Gasteiger partial charge in [0.1, 0.15) is 0 Å². The van der Waals surface area contributed by atoms with Crippen LogP contribution in [0, 0.1) is 0 Å². The molecule has 0 aromatic heterocycles. The summed E-state index contributed by atoms with van der Waals surface area (Å²) in [6.07, 6.45) is 0. The van der Waals surface area contributed by atoms with Crippen LogP contribution in [-0.2, 0) is 0 Å². The van der Waals surface area contributed by atoms with E-state index in [4.69, 9.17) is 0 Å². The molecule has 56 valence electrons. The Morgan fingerprint density at radius 3 is 1.33 bits per heavy atom. The van der Waals surface area contributed by atoms with Crippen LogP contribution in [0.2, 0.25) is 18.2 Å². The molecule has 9 heavy (non-hydrogen) atoms. The van der Waals surface area contributed by atoms with Crippen molar-refractivity contribution in [3.05, 3.63) is 0 Å². The normalized spacial score (nSPS) is 15.3. The minimum atomic E-state index is -1.24. The fourth-order valence-electron chi connectivity index (χ4n) is 1.59. The predicted octanol–water partition coefficient (Wildman–Crippen LogP) is 2.21. The van der Waals surface area contributed by atoms with Crippen molar-refractivity contribution in [1.29, 1.82) is 0 Å². The van der Waals surface area contributed by atoms with E-state index in [1.807, 2.05) is 0 Å². The second kappa shape index (κ2) is 3.33. The molecule has 0 unspecified atom stereocenters. The minimum absolute atomic E-state index is 0.318. The first-order valence-electron chi connectivity index (χ1n) is 3.71. The second-order valence-electron chi connectivity index (χ2n) is 5.30. The summed E-state index contributed by atoms with van der Waals surface area (Å²) in [5, 5.41) is 0. The molecule has 0 heterocycles. The zero-order valence-electron chi connectivity index (χ0n) is 7.71. The van der Waals surface area contributed by atoms with Gasteiger partial charge in [0.25, 0.3) is 0 Å². The van der Waals surface area contributed by atoms with Crippen LogP contribution in [0.1, 0.15) is 20.8 Å². The predicted molar refractivity (Wildman–Crippen MR) is 51.6 cm³/mol. The molecule has 0 aliphatic heterocycles. The van der Waals surface area contributed by atoms with E-state index in [1.54, 1.807) is 0 Å². The second-order valence-corrected chi connectivity index (χ2v) is 74.4. The first kappa shape index (κ1) is 10.6. The third-order valence-electron chi connectivity index (χ3n) is 1.06. The van der Waals surface area contributed by atoms with Crippen molar-refractivity contribution in [3.8, 4) is 0 Å². The first-order chi connectivity index (χ1) is 3.71. The quantitative estimate of drug-likeness (QED) is 0.642. The molecular weight excluding hydrogens is 321 g/mol. The van der Waals surface area contributed by atoms with Gasteiger partial charge in [0, 0.05) is 0 Å². The van der Waals surface area contributed by atoms with E-state index in [0.29, 0.717) is 0 Å². The van der Waals surface area contributed by atoms with Gasteiger partial charge < -0.3 is 0 Å². The molecule has 0 aromatic rings. The fraction of sp³-hybridized carbons (Fsp3) is 1.00. The summed E-state index contributed by atoms with van der Waals surface area (Å²) in [6, 6.07) is 0. The van der Waals surface area contributed by atoms with E-state index in [9.17, 15) is 0 Å². The average Bonchev–Trinajstić information content (AvgIpc) is 1.14. The molecule has 0 radical (unpaired) electrons. The zero-order valence-corrected chi connectivity index (χ0v) is 14.6. The molecule has 0 N–H and O–H groups in total. The van der Waals surface area contributed by atoms with Gasteiger partial charge in [0.05, 0.1) is 0 Å². The van der Waals surface area contributed by atoms with Crippen molar-refractivity contribution in [2.45, 2.75) is 39.0 Å². The third kappa shape index (κ3) is 9.60. The van der Waals surface area contributed by atoms with Gasteiger partial charge in [-0.15, -0.1) is 0 Å². The van der Waals surface area contributed by atoms with Crippen molar-refractivity contribution >= 4 is 31.6 Å². The van der Waals surface area contributed by atoms with E-state index in [0.717, 1.165) is 3.43 Å². The van der Waals surface area contributed by atoms with Crippen molar-refractivity contribution < 1.29 is 0 Å². The number of hydrogen-bond donors (Lipinski definition) is 0. The first-order valence-corrected chi connectivity index (χ1v) is 29.8. The summed E-state index contributed by atoms with van der Waals surface area (Å²) in [6.45, 7) is 7.31. The van der Waals surface area contributed by atoms with Crippen LogP contribution in [0.25, 0.3) is 0 Å². The summed E-state index contributed by atoms with van der Waals surface area (Å²) < 4.78 is 0.788. The Balaban J connectivity index is 3.75. The van der Waals surface area contributed by atoms with Gasteiger partial charge in [0.15, 0.2) is 0 Å².